The van der Waals surface area contributed by atoms with Crippen LogP contribution in [0.5, 0.6) is 0 Å². The Morgan fingerprint density at radius 1 is 0.950 bits per heavy atom. The van der Waals surface area contributed by atoms with Crippen LogP contribution in [0.1, 0.15) is 71.1 Å². The van der Waals surface area contributed by atoms with Gasteiger partial charge in [-0.05, 0) is 13.3 Å². The van der Waals surface area contributed by atoms with Crippen LogP contribution in [0.15, 0.2) is 30.3 Å². The summed E-state index contributed by atoms with van der Waals surface area (Å²) in [4.78, 5) is 12.3. The first-order chi connectivity index (χ1) is 19.3. The van der Waals surface area contributed by atoms with Crippen LogP contribution < -0.4 is 5.32 Å². The first kappa shape index (κ1) is 31.3. The number of ether oxygens (including phenoxy) is 6. The van der Waals surface area contributed by atoms with Gasteiger partial charge in [0.05, 0.1) is 12.7 Å². The van der Waals surface area contributed by atoms with Crippen LogP contribution in [0.3, 0.4) is 0 Å². The lowest BCUT2D eigenvalue weighted by Gasteiger charge is -2.51. The number of hydrogen-bond acceptors (Lipinski definition) is 10. The van der Waals surface area contributed by atoms with E-state index >= 15 is 0 Å². The van der Waals surface area contributed by atoms with Gasteiger partial charge in [-0.15, -0.1) is 0 Å². The molecule has 11 nitrogen and oxygen atoms in total. The summed E-state index contributed by atoms with van der Waals surface area (Å²) in [5, 5.41) is 34.1. The zero-order chi connectivity index (χ0) is 28.6. The van der Waals surface area contributed by atoms with E-state index in [-0.39, 0.29) is 12.5 Å². The highest BCUT2D eigenvalue weighted by molar-refractivity contribution is 5.73. The molecule has 1 unspecified atom stereocenters. The lowest BCUT2D eigenvalue weighted by atomic mass is 9.94. The van der Waals surface area contributed by atoms with Gasteiger partial charge in [0.2, 0.25) is 5.91 Å². The fraction of sp³-hybridized carbons (Fsp3) is 0.759. The van der Waals surface area contributed by atoms with Crippen LogP contribution in [0.4, 0.5) is 0 Å². The Kier molecular flexibility index (Phi) is 11.7. The molecule has 3 heterocycles. The SMILES string of the molecule is CCCCCCCCO[C@@H]1O[C@@H]2COC(c3ccccc3)O[C@H]2[C@H](O[C@@H]2O[C@@H](C)[C@@H](O)[C@@H](O)[C@@H]2O)[C@H]1NC(C)=O. The van der Waals surface area contributed by atoms with Crippen LogP contribution in [0, 0.1) is 0 Å². The van der Waals surface area contributed by atoms with Crippen LogP contribution in [0.25, 0.3) is 0 Å². The zero-order valence-electron chi connectivity index (χ0n) is 23.6. The molecule has 0 bridgehead atoms. The number of amides is 1. The second-order valence-electron chi connectivity index (χ2n) is 10.9. The number of benzene rings is 1. The first-order valence-electron chi connectivity index (χ1n) is 14.5. The van der Waals surface area contributed by atoms with E-state index in [1.807, 2.05) is 30.3 Å². The number of hydrogen-bond donors (Lipinski definition) is 4. The van der Waals surface area contributed by atoms with E-state index in [2.05, 4.69) is 12.2 Å². The van der Waals surface area contributed by atoms with E-state index in [9.17, 15) is 20.1 Å². The number of fused-ring (bicyclic) bond motifs is 1. The van der Waals surface area contributed by atoms with Gasteiger partial charge in [0, 0.05) is 19.1 Å². The van der Waals surface area contributed by atoms with Crippen LogP contribution in [-0.2, 0) is 33.2 Å². The van der Waals surface area contributed by atoms with Crippen LogP contribution in [-0.4, -0.2) is 95.8 Å². The van der Waals surface area contributed by atoms with Crippen molar-refractivity contribution in [2.75, 3.05) is 13.2 Å². The average molecular weight is 568 g/mol. The molecule has 3 aliphatic rings. The monoisotopic (exact) mass is 567 g/mol. The Morgan fingerprint density at radius 2 is 1.68 bits per heavy atom. The van der Waals surface area contributed by atoms with Gasteiger partial charge < -0.3 is 49.1 Å². The van der Waals surface area contributed by atoms with Crippen LogP contribution >= 0.6 is 0 Å². The molecule has 1 aromatic carbocycles. The van der Waals surface area contributed by atoms with Crippen molar-refractivity contribution in [2.45, 2.75) is 127 Å². The van der Waals surface area contributed by atoms with Gasteiger partial charge in [-0.2, -0.15) is 0 Å². The number of nitrogens with one attached hydrogen (secondary N) is 1. The summed E-state index contributed by atoms with van der Waals surface area (Å²) in [7, 11) is 0. The van der Waals surface area contributed by atoms with E-state index < -0.39 is 67.6 Å². The van der Waals surface area contributed by atoms with Crippen LogP contribution in [0.2, 0.25) is 0 Å². The Morgan fingerprint density at radius 3 is 2.40 bits per heavy atom. The molecule has 3 aliphatic heterocycles. The van der Waals surface area contributed by atoms with Crippen molar-refractivity contribution in [3.05, 3.63) is 35.9 Å². The van der Waals surface area contributed by atoms with Gasteiger partial charge in [0.15, 0.2) is 18.9 Å². The minimum atomic E-state index is -1.53. The van der Waals surface area contributed by atoms with Gasteiger partial charge in [0.25, 0.3) is 0 Å². The molecule has 226 valence electrons. The van der Waals surface area contributed by atoms with E-state index in [1.54, 1.807) is 6.92 Å². The molecule has 11 heteroatoms. The summed E-state index contributed by atoms with van der Waals surface area (Å²) < 4.78 is 36.8. The summed E-state index contributed by atoms with van der Waals surface area (Å²) in [5.41, 5.74) is 0.804. The molecule has 4 N–H and O–H groups in total. The molecule has 0 spiro atoms. The van der Waals surface area contributed by atoms with Crippen molar-refractivity contribution in [1.29, 1.82) is 0 Å². The molecule has 3 saturated heterocycles. The molecule has 11 atom stereocenters. The second kappa shape index (κ2) is 15.0. The first-order valence-corrected chi connectivity index (χ1v) is 14.5. The number of unbranched alkanes of at least 4 members (excludes halogenated alkanes) is 5. The third-order valence-electron chi connectivity index (χ3n) is 7.66. The summed E-state index contributed by atoms with van der Waals surface area (Å²) in [6, 6.07) is 8.61. The molecule has 0 radical (unpaired) electrons. The number of carbonyl (C=O) groups is 1. The Labute approximate surface area is 236 Å². The molecule has 40 heavy (non-hydrogen) atoms. The number of aliphatic hydroxyl groups is 3. The van der Waals surface area contributed by atoms with Crippen molar-refractivity contribution < 1.29 is 48.5 Å². The number of rotatable bonds is 12. The number of carbonyl (C=O) groups excluding carboxylic acids is 1. The molecular formula is C29H45NO10. The molecule has 0 aromatic heterocycles. The highest BCUT2D eigenvalue weighted by atomic mass is 16.8. The lowest BCUT2D eigenvalue weighted by molar-refractivity contribution is -0.376. The lowest BCUT2D eigenvalue weighted by Crippen LogP contribution is -2.69. The molecule has 1 amide bonds. The van der Waals surface area contributed by atoms with E-state index in [4.69, 9.17) is 28.4 Å². The predicted octanol–water partition coefficient (Wildman–Crippen LogP) is 1.92. The van der Waals surface area contributed by atoms with Crippen molar-refractivity contribution in [3.63, 3.8) is 0 Å². The molecular weight excluding hydrogens is 522 g/mol. The quantitative estimate of drug-likeness (QED) is 0.277. The third-order valence-corrected chi connectivity index (χ3v) is 7.66. The summed E-state index contributed by atoms with van der Waals surface area (Å²) in [6.45, 7) is 5.76. The molecule has 1 aromatic rings. The maximum Gasteiger partial charge on any atom is 0.217 e. The maximum absolute atomic E-state index is 12.3. The predicted molar refractivity (Wildman–Crippen MR) is 143 cm³/mol. The second-order valence-corrected chi connectivity index (χ2v) is 10.9. The van der Waals surface area contributed by atoms with E-state index in [0.717, 1.165) is 24.8 Å². The van der Waals surface area contributed by atoms with E-state index in [0.29, 0.717) is 6.61 Å². The van der Waals surface area contributed by atoms with E-state index in [1.165, 1.54) is 26.2 Å². The average Bonchev–Trinajstić information content (AvgIpc) is 2.95. The van der Waals surface area contributed by atoms with Gasteiger partial charge in [0.1, 0.15) is 42.7 Å². The Balaban J connectivity index is 1.54. The largest absolute Gasteiger partial charge is 0.388 e. The van der Waals surface area contributed by atoms with Crippen molar-refractivity contribution in [1.82, 2.24) is 5.32 Å². The standard InChI is InChI=1S/C29H45NO10/c1-4-5-6-7-8-12-15-35-28-21(30-18(3)31)26(40-29-24(34)23(33)22(32)17(2)37-29)25-20(38-28)16-36-27(39-25)19-13-10-9-11-14-19/h9-11,13-14,17,20-29,32-34H,4-8,12,15-16H2,1-3H3,(H,30,31)/t17-,20+,21+,22+,23+,24-,25+,26+,27?,28+,29-/m0/s1. The third kappa shape index (κ3) is 7.78. The molecule has 4 rings (SSSR count). The normalized spacial score (nSPS) is 38.0. The highest BCUT2D eigenvalue weighted by Gasteiger charge is 2.54. The van der Waals surface area contributed by atoms with Crippen molar-refractivity contribution >= 4 is 5.91 Å². The highest BCUT2D eigenvalue weighted by Crippen LogP contribution is 2.37. The summed E-state index contributed by atoms with van der Waals surface area (Å²) in [5.74, 6) is -0.325. The van der Waals surface area contributed by atoms with Gasteiger partial charge in [-0.3, -0.25) is 4.79 Å². The smallest absolute Gasteiger partial charge is 0.217 e. The zero-order valence-corrected chi connectivity index (χ0v) is 23.6. The van der Waals surface area contributed by atoms with Crippen molar-refractivity contribution in [3.8, 4) is 0 Å². The summed E-state index contributed by atoms with van der Waals surface area (Å²) in [6.07, 6.45) is -3.64. The summed E-state index contributed by atoms with van der Waals surface area (Å²) >= 11 is 0. The fourth-order valence-electron chi connectivity index (χ4n) is 5.41. The minimum Gasteiger partial charge on any atom is -0.388 e. The maximum atomic E-state index is 12.3. The Hall–Kier alpha value is -1.67. The fourth-order valence-corrected chi connectivity index (χ4v) is 5.41. The van der Waals surface area contributed by atoms with Gasteiger partial charge in [-0.25, -0.2) is 0 Å². The molecule has 0 aliphatic carbocycles. The minimum absolute atomic E-state index is 0.180. The topological polar surface area (TPSA) is 145 Å². The van der Waals surface area contributed by atoms with Gasteiger partial charge in [-0.1, -0.05) is 69.4 Å². The molecule has 0 saturated carbocycles. The number of aliphatic hydroxyl groups excluding tert-OH is 3. The molecule has 3 fully saturated rings. The van der Waals surface area contributed by atoms with Gasteiger partial charge >= 0.3 is 0 Å². The van der Waals surface area contributed by atoms with Crippen molar-refractivity contribution in [2.24, 2.45) is 0 Å². The Bertz CT molecular complexity index is 906.